The van der Waals surface area contributed by atoms with Gasteiger partial charge in [-0.3, -0.25) is 4.90 Å². The average Bonchev–Trinajstić information content (AvgIpc) is 3.09. The number of hydrogen-bond acceptors (Lipinski definition) is 5. The zero-order valence-electron chi connectivity index (χ0n) is 17.3. The number of aryl methyl sites for hydroxylation is 1. The van der Waals surface area contributed by atoms with E-state index < -0.39 is 11.7 Å². The van der Waals surface area contributed by atoms with E-state index in [1.165, 1.54) is 6.07 Å². The highest BCUT2D eigenvalue weighted by molar-refractivity contribution is 5.55. The standard InChI is InChI=1S/C23H23F3N2O3/c1-15-19(27-22(31-15)16-6-3-8-18(12-16)23(24,25)26)14-28-10-5-11-30-21-17(13-28)7-4-9-20(21)29-2/h3-4,6-9,12H,5,10-11,13-14H2,1-2H3. The first-order valence-electron chi connectivity index (χ1n) is 10.00. The molecule has 0 saturated heterocycles. The minimum Gasteiger partial charge on any atom is -0.493 e. The van der Waals surface area contributed by atoms with Crippen LogP contribution in [0.3, 0.4) is 0 Å². The molecule has 3 aromatic rings. The Kier molecular flexibility index (Phi) is 5.91. The van der Waals surface area contributed by atoms with Crippen LogP contribution < -0.4 is 9.47 Å². The van der Waals surface area contributed by atoms with Crippen LogP contribution in [-0.2, 0) is 19.3 Å². The lowest BCUT2D eigenvalue weighted by Gasteiger charge is -2.26. The third-order valence-electron chi connectivity index (χ3n) is 5.24. The van der Waals surface area contributed by atoms with Gasteiger partial charge in [-0.25, -0.2) is 4.98 Å². The van der Waals surface area contributed by atoms with Gasteiger partial charge < -0.3 is 13.9 Å². The van der Waals surface area contributed by atoms with Gasteiger partial charge in [-0.1, -0.05) is 18.2 Å². The molecule has 1 aromatic heterocycles. The van der Waals surface area contributed by atoms with Crippen molar-refractivity contribution in [3.63, 3.8) is 0 Å². The van der Waals surface area contributed by atoms with Crippen LogP contribution >= 0.6 is 0 Å². The fraction of sp³-hybridized carbons (Fsp3) is 0.348. The van der Waals surface area contributed by atoms with Gasteiger partial charge in [0.15, 0.2) is 11.5 Å². The third-order valence-corrected chi connectivity index (χ3v) is 5.24. The number of halogens is 3. The summed E-state index contributed by atoms with van der Waals surface area (Å²) in [6, 6.07) is 10.8. The summed E-state index contributed by atoms with van der Waals surface area (Å²) in [5.74, 6) is 2.23. The summed E-state index contributed by atoms with van der Waals surface area (Å²) >= 11 is 0. The number of hydrogen-bond donors (Lipinski definition) is 0. The van der Waals surface area contributed by atoms with Crippen LogP contribution in [0.5, 0.6) is 11.5 Å². The van der Waals surface area contributed by atoms with Crippen LogP contribution in [0.2, 0.25) is 0 Å². The van der Waals surface area contributed by atoms with Crippen LogP contribution in [0.15, 0.2) is 46.9 Å². The van der Waals surface area contributed by atoms with Crippen molar-refractivity contribution in [1.82, 2.24) is 9.88 Å². The molecule has 0 spiro atoms. The highest BCUT2D eigenvalue weighted by Crippen LogP contribution is 2.34. The first-order valence-corrected chi connectivity index (χ1v) is 10.00. The Bertz CT molecular complexity index is 1060. The van der Waals surface area contributed by atoms with Crippen LogP contribution in [0.4, 0.5) is 13.2 Å². The van der Waals surface area contributed by atoms with E-state index in [4.69, 9.17) is 13.9 Å². The molecule has 164 valence electrons. The maximum atomic E-state index is 13.0. The van der Waals surface area contributed by atoms with Crippen molar-refractivity contribution in [3.8, 4) is 23.0 Å². The molecule has 0 aliphatic carbocycles. The summed E-state index contributed by atoms with van der Waals surface area (Å²) in [6.45, 7) is 4.30. The molecule has 0 atom stereocenters. The van der Waals surface area contributed by atoms with E-state index in [0.29, 0.717) is 42.5 Å². The van der Waals surface area contributed by atoms with Crippen molar-refractivity contribution >= 4 is 0 Å². The molecule has 0 fully saturated rings. The van der Waals surface area contributed by atoms with Gasteiger partial charge in [0.05, 0.1) is 25.0 Å². The molecule has 4 rings (SSSR count). The second kappa shape index (κ2) is 8.63. The summed E-state index contributed by atoms with van der Waals surface area (Å²) in [5.41, 5.74) is 1.30. The van der Waals surface area contributed by atoms with Gasteiger partial charge in [0.1, 0.15) is 5.76 Å². The van der Waals surface area contributed by atoms with E-state index in [1.54, 1.807) is 20.1 Å². The summed E-state index contributed by atoms with van der Waals surface area (Å²) in [5, 5.41) is 0. The molecular weight excluding hydrogens is 409 g/mol. The molecule has 0 saturated carbocycles. The first-order chi connectivity index (χ1) is 14.8. The predicted octanol–water partition coefficient (Wildman–Crippen LogP) is 5.46. The van der Waals surface area contributed by atoms with Crippen LogP contribution in [-0.4, -0.2) is 30.1 Å². The van der Waals surface area contributed by atoms with Gasteiger partial charge in [-0.2, -0.15) is 13.2 Å². The second-order valence-corrected chi connectivity index (χ2v) is 7.46. The van der Waals surface area contributed by atoms with Gasteiger partial charge in [-0.15, -0.1) is 0 Å². The van der Waals surface area contributed by atoms with E-state index in [2.05, 4.69) is 9.88 Å². The van der Waals surface area contributed by atoms with Crippen molar-refractivity contribution in [2.75, 3.05) is 20.3 Å². The van der Waals surface area contributed by atoms with E-state index >= 15 is 0 Å². The lowest BCUT2D eigenvalue weighted by atomic mass is 10.1. The zero-order valence-corrected chi connectivity index (χ0v) is 17.3. The van der Waals surface area contributed by atoms with E-state index in [9.17, 15) is 13.2 Å². The number of rotatable bonds is 4. The van der Waals surface area contributed by atoms with Gasteiger partial charge in [-0.05, 0) is 37.6 Å². The first kappa shape index (κ1) is 21.2. The third kappa shape index (κ3) is 4.69. The number of fused-ring (bicyclic) bond motifs is 1. The Morgan fingerprint density at radius 2 is 1.97 bits per heavy atom. The van der Waals surface area contributed by atoms with Crippen LogP contribution in [0, 0.1) is 6.92 Å². The maximum absolute atomic E-state index is 13.0. The number of oxazole rings is 1. The Balaban J connectivity index is 1.57. The topological polar surface area (TPSA) is 47.7 Å². The van der Waals surface area contributed by atoms with E-state index in [-0.39, 0.29) is 5.89 Å². The van der Waals surface area contributed by atoms with Crippen molar-refractivity contribution in [2.45, 2.75) is 32.6 Å². The van der Waals surface area contributed by atoms with Gasteiger partial charge in [0.2, 0.25) is 5.89 Å². The quantitative estimate of drug-likeness (QED) is 0.548. The number of nitrogens with zero attached hydrogens (tertiary/aromatic N) is 2. The lowest BCUT2D eigenvalue weighted by Crippen LogP contribution is -2.28. The fourth-order valence-electron chi connectivity index (χ4n) is 3.67. The molecule has 0 radical (unpaired) electrons. The van der Waals surface area contributed by atoms with Gasteiger partial charge >= 0.3 is 6.18 Å². The molecule has 0 unspecified atom stereocenters. The fourth-order valence-corrected chi connectivity index (χ4v) is 3.67. The van der Waals surface area contributed by atoms with Gasteiger partial charge in [0.25, 0.3) is 0 Å². The van der Waals surface area contributed by atoms with Crippen molar-refractivity contribution in [2.24, 2.45) is 0 Å². The van der Waals surface area contributed by atoms with Gasteiger partial charge in [0, 0.05) is 30.8 Å². The maximum Gasteiger partial charge on any atom is 0.416 e. The molecule has 0 bridgehead atoms. The minimum atomic E-state index is -4.42. The van der Waals surface area contributed by atoms with Crippen molar-refractivity contribution < 1.29 is 27.1 Å². The molecular formula is C23H23F3N2O3. The number of benzene rings is 2. The molecule has 0 amide bonds. The molecule has 8 heteroatoms. The lowest BCUT2D eigenvalue weighted by molar-refractivity contribution is -0.137. The minimum absolute atomic E-state index is 0.191. The van der Waals surface area contributed by atoms with E-state index in [0.717, 1.165) is 36.4 Å². The average molecular weight is 432 g/mol. The summed E-state index contributed by atoms with van der Waals surface area (Å²) < 4.78 is 56.2. The Morgan fingerprint density at radius 3 is 2.74 bits per heavy atom. The molecule has 31 heavy (non-hydrogen) atoms. The number of ether oxygens (including phenoxy) is 2. The Morgan fingerprint density at radius 1 is 1.16 bits per heavy atom. The number of aromatic nitrogens is 1. The molecule has 1 aliphatic heterocycles. The second-order valence-electron chi connectivity index (χ2n) is 7.46. The normalized spacial score (nSPS) is 15.0. The smallest absolute Gasteiger partial charge is 0.416 e. The summed E-state index contributed by atoms with van der Waals surface area (Å²) in [7, 11) is 1.61. The number of alkyl halides is 3. The number of methoxy groups -OCH3 is 1. The van der Waals surface area contributed by atoms with Crippen molar-refractivity contribution in [1.29, 1.82) is 0 Å². The predicted molar refractivity (Wildman–Crippen MR) is 109 cm³/mol. The molecule has 0 N–H and O–H groups in total. The Labute approximate surface area is 178 Å². The highest BCUT2D eigenvalue weighted by atomic mass is 19.4. The molecule has 2 aromatic carbocycles. The highest BCUT2D eigenvalue weighted by Gasteiger charge is 2.31. The zero-order chi connectivity index (χ0) is 22.0. The molecule has 2 heterocycles. The summed E-state index contributed by atoms with van der Waals surface area (Å²) in [4.78, 5) is 6.73. The van der Waals surface area contributed by atoms with Crippen LogP contribution in [0.1, 0.15) is 29.0 Å². The largest absolute Gasteiger partial charge is 0.493 e. The van der Waals surface area contributed by atoms with Crippen LogP contribution in [0.25, 0.3) is 11.5 Å². The molecule has 1 aliphatic rings. The molecule has 5 nitrogen and oxygen atoms in total. The SMILES string of the molecule is COc1cccc2c1OCCCN(Cc1nc(-c3cccc(C(F)(F)F)c3)oc1C)C2. The monoisotopic (exact) mass is 432 g/mol. The van der Waals surface area contributed by atoms with Crippen molar-refractivity contribution in [3.05, 3.63) is 65.0 Å². The Hall–Kier alpha value is -3.00. The van der Waals surface area contributed by atoms with E-state index in [1.807, 2.05) is 18.2 Å². The number of para-hydroxylation sites is 1. The summed E-state index contributed by atoms with van der Waals surface area (Å²) in [6.07, 6.45) is -3.59.